The van der Waals surface area contributed by atoms with Gasteiger partial charge in [-0.15, -0.1) is 0 Å². The Morgan fingerprint density at radius 2 is 1.50 bits per heavy atom. The molecule has 0 atom stereocenters. The Balaban J connectivity index is 2.75. The van der Waals surface area contributed by atoms with Gasteiger partial charge in [0.15, 0.2) is 0 Å². The Morgan fingerprint density at radius 1 is 0.864 bits per heavy atom. The maximum absolute atomic E-state index is 13.4. The predicted molar refractivity (Wildman–Crippen MR) is 65.7 cm³/mol. The summed E-state index contributed by atoms with van der Waals surface area (Å²) in [6.07, 6.45) is -9.77. The van der Waals surface area contributed by atoms with Crippen LogP contribution in [0.1, 0.15) is 11.1 Å². The lowest BCUT2D eigenvalue weighted by molar-refractivity contribution is -0.137. The highest BCUT2D eigenvalue weighted by Gasteiger charge is 2.36. The molecule has 0 aliphatic carbocycles. The minimum atomic E-state index is -4.90. The fraction of sp³-hybridized carbons (Fsp3) is 0.143. The molecule has 2 aromatic carbocycles. The number of alkyl halides is 6. The highest BCUT2D eigenvalue weighted by Crippen LogP contribution is 2.42. The van der Waals surface area contributed by atoms with Gasteiger partial charge in [-0.2, -0.15) is 26.3 Å². The van der Waals surface area contributed by atoms with Crippen LogP contribution in [0.15, 0.2) is 30.3 Å². The third-order valence-corrected chi connectivity index (χ3v) is 3.06. The molecule has 0 aliphatic heterocycles. The maximum atomic E-state index is 13.4. The SMILES string of the molecule is Fc1cc(-c2c(Cl)c[c]cc2C(F)(F)F)cc(C(F)(F)F)c1. The van der Waals surface area contributed by atoms with Gasteiger partial charge in [-0.1, -0.05) is 11.6 Å². The van der Waals surface area contributed by atoms with Crippen LogP contribution in [0.4, 0.5) is 30.7 Å². The van der Waals surface area contributed by atoms with Crippen molar-refractivity contribution in [3.8, 4) is 11.1 Å². The molecule has 8 heteroatoms. The van der Waals surface area contributed by atoms with Crippen LogP contribution < -0.4 is 0 Å². The molecule has 0 heterocycles. The van der Waals surface area contributed by atoms with Crippen LogP contribution in [0.5, 0.6) is 0 Å². The number of hydrogen-bond donors (Lipinski definition) is 0. The quantitative estimate of drug-likeness (QED) is 0.559. The molecular weight excluding hydrogens is 337 g/mol. The van der Waals surface area contributed by atoms with Gasteiger partial charge in [0.1, 0.15) is 5.82 Å². The van der Waals surface area contributed by atoms with Crippen molar-refractivity contribution in [2.24, 2.45) is 0 Å². The molecule has 2 aromatic rings. The number of hydrogen-bond acceptors (Lipinski definition) is 0. The lowest BCUT2D eigenvalue weighted by Gasteiger charge is -2.16. The average Bonchev–Trinajstić information content (AvgIpc) is 2.35. The zero-order valence-electron chi connectivity index (χ0n) is 10.4. The molecule has 22 heavy (non-hydrogen) atoms. The first-order valence-electron chi connectivity index (χ1n) is 5.65. The molecule has 0 spiro atoms. The Morgan fingerprint density at radius 3 is 2.05 bits per heavy atom. The van der Waals surface area contributed by atoms with E-state index in [1.165, 1.54) is 0 Å². The van der Waals surface area contributed by atoms with E-state index in [4.69, 9.17) is 11.6 Å². The van der Waals surface area contributed by atoms with Crippen molar-refractivity contribution in [1.82, 2.24) is 0 Å². The highest BCUT2D eigenvalue weighted by atomic mass is 35.5. The van der Waals surface area contributed by atoms with Crippen LogP contribution in [0.25, 0.3) is 11.1 Å². The fourth-order valence-electron chi connectivity index (χ4n) is 1.89. The first-order valence-corrected chi connectivity index (χ1v) is 6.03. The summed E-state index contributed by atoms with van der Waals surface area (Å²) in [4.78, 5) is 0. The van der Waals surface area contributed by atoms with Crippen LogP contribution in [-0.2, 0) is 12.4 Å². The summed E-state index contributed by atoms with van der Waals surface area (Å²) in [5.41, 5.74) is -4.03. The Labute approximate surface area is 125 Å². The molecule has 1 radical (unpaired) electrons. The van der Waals surface area contributed by atoms with Crippen molar-refractivity contribution in [3.05, 3.63) is 58.4 Å². The molecule has 0 saturated heterocycles. The second-order valence-corrected chi connectivity index (χ2v) is 4.72. The largest absolute Gasteiger partial charge is 0.417 e. The summed E-state index contributed by atoms with van der Waals surface area (Å²) in [5.74, 6) is -1.32. The summed E-state index contributed by atoms with van der Waals surface area (Å²) < 4.78 is 90.2. The van der Waals surface area contributed by atoms with Crippen molar-refractivity contribution in [3.63, 3.8) is 0 Å². The summed E-state index contributed by atoms with van der Waals surface area (Å²) in [6, 6.07) is 4.81. The summed E-state index contributed by atoms with van der Waals surface area (Å²) in [7, 11) is 0. The van der Waals surface area contributed by atoms with Crippen LogP contribution in [0, 0.1) is 11.9 Å². The van der Waals surface area contributed by atoms with Crippen LogP contribution in [0.2, 0.25) is 5.02 Å². The van der Waals surface area contributed by atoms with E-state index >= 15 is 0 Å². The molecule has 2 rings (SSSR count). The van der Waals surface area contributed by atoms with Crippen molar-refractivity contribution >= 4 is 11.6 Å². The van der Waals surface area contributed by atoms with E-state index in [1.54, 1.807) is 0 Å². The molecule has 117 valence electrons. The van der Waals surface area contributed by atoms with Gasteiger partial charge >= 0.3 is 12.4 Å². The van der Waals surface area contributed by atoms with Crippen molar-refractivity contribution in [2.45, 2.75) is 12.4 Å². The summed E-state index contributed by atoms with van der Waals surface area (Å²) in [6.45, 7) is 0. The van der Waals surface area contributed by atoms with E-state index in [0.29, 0.717) is 18.2 Å². The molecule has 0 amide bonds. The summed E-state index contributed by atoms with van der Waals surface area (Å²) in [5, 5.41) is -0.478. The Bertz CT molecular complexity index is 701. The van der Waals surface area contributed by atoms with Crippen molar-refractivity contribution < 1.29 is 30.7 Å². The number of halogens is 8. The third-order valence-electron chi connectivity index (χ3n) is 2.77. The number of rotatable bonds is 1. The first-order chi connectivity index (χ1) is 10.00. The zero-order chi connectivity index (χ0) is 16.7. The molecule has 0 N–H and O–H groups in total. The van der Waals surface area contributed by atoms with Crippen LogP contribution in [-0.4, -0.2) is 0 Å². The van der Waals surface area contributed by atoms with Gasteiger partial charge in [0.05, 0.1) is 11.1 Å². The van der Waals surface area contributed by atoms with Crippen molar-refractivity contribution in [2.75, 3.05) is 0 Å². The molecule has 0 aromatic heterocycles. The van der Waals surface area contributed by atoms with Gasteiger partial charge in [-0.3, -0.25) is 0 Å². The van der Waals surface area contributed by atoms with E-state index in [0.717, 1.165) is 6.07 Å². The van der Waals surface area contributed by atoms with E-state index in [-0.39, 0.29) is 6.07 Å². The first kappa shape index (κ1) is 16.6. The van der Waals surface area contributed by atoms with Gasteiger partial charge in [0, 0.05) is 10.6 Å². The summed E-state index contributed by atoms with van der Waals surface area (Å²) >= 11 is 5.65. The van der Waals surface area contributed by atoms with E-state index in [9.17, 15) is 30.7 Å². The minimum Gasteiger partial charge on any atom is -0.207 e. The van der Waals surface area contributed by atoms with Gasteiger partial charge in [0.25, 0.3) is 0 Å². The molecule has 0 nitrogen and oxygen atoms in total. The smallest absolute Gasteiger partial charge is 0.207 e. The second-order valence-electron chi connectivity index (χ2n) is 4.32. The lowest BCUT2D eigenvalue weighted by Crippen LogP contribution is -2.09. The third kappa shape index (κ3) is 3.35. The highest BCUT2D eigenvalue weighted by molar-refractivity contribution is 6.33. The van der Waals surface area contributed by atoms with Gasteiger partial charge in [-0.25, -0.2) is 4.39 Å². The predicted octanol–water partition coefficient (Wildman–Crippen LogP) is 5.98. The molecule has 0 fully saturated rings. The molecule has 0 bridgehead atoms. The van der Waals surface area contributed by atoms with E-state index in [1.807, 2.05) is 0 Å². The Kier molecular flexibility index (Phi) is 4.12. The second kappa shape index (κ2) is 5.46. The molecule has 0 saturated carbocycles. The zero-order valence-corrected chi connectivity index (χ0v) is 11.2. The van der Waals surface area contributed by atoms with Crippen LogP contribution >= 0.6 is 11.6 Å². The maximum Gasteiger partial charge on any atom is 0.417 e. The van der Waals surface area contributed by atoms with Crippen LogP contribution in [0.3, 0.4) is 0 Å². The van der Waals surface area contributed by atoms with E-state index in [2.05, 4.69) is 6.07 Å². The number of benzene rings is 2. The topological polar surface area (TPSA) is 0 Å². The molecule has 0 unspecified atom stereocenters. The minimum absolute atomic E-state index is 0.194. The lowest BCUT2D eigenvalue weighted by atomic mass is 9.97. The van der Waals surface area contributed by atoms with Gasteiger partial charge < -0.3 is 0 Å². The normalized spacial score (nSPS) is 12.5. The molecule has 0 aliphatic rings. The molecular formula is C14H5ClF7. The standard InChI is InChI=1S/C14H5ClF7/c15-11-3-1-2-10(14(20,21)22)12(11)7-4-8(13(17,18)19)6-9(16)5-7/h2-6H. The Hall–Kier alpha value is -1.76. The monoisotopic (exact) mass is 341 g/mol. The van der Waals surface area contributed by atoms with Gasteiger partial charge in [-0.05, 0) is 42.0 Å². The fourth-order valence-corrected chi connectivity index (χ4v) is 2.16. The van der Waals surface area contributed by atoms with Crippen molar-refractivity contribution in [1.29, 1.82) is 0 Å². The average molecular weight is 342 g/mol. The van der Waals surface area contributed by atoms with Gasteiger partial charge in [0.2, 0.25) is 0 Å². The van der Waals surface area contributed by atoms with E-state index < -0.39 is 45.4 Å².